The molecule has 0 atom stereocenters. The molecule has 0 aliphatic carbocycles. The molecule has 2 aromatic carbocycles. The minimum Gasteiger partial charge on any atom is -0.209 e. The molecular weight excluding hydrogens is 236 g/mol. The van der Waals surface area contributed by atoms with E-state index in [1.54, 1.807) is 48.5 Å². The van der Waals surface area contributed by atoms with Crippen molar-refractivity contribution in [2.45, 2.75) is 6.04 Å². The zero-order valence-corrected chi connectivity index (χ0v) is 10.0. The van der Waals surface area contributed by atoms with Gasteiger partial charge in [0, 0.05) is 0 Å². The Labute approximate surface area is 111 Å². The number of nitrogens with one attached hydrogen (secondary N) is 1. The summed E-state index contributed by atoms with van der Waals surface area (Å²) in [7, 11) is 0. The van der Waals surface area contributed by atoms with Crippen LogP contribution in [-0.2, 0) is 0 Å². The molecule has 1 N–H and O–H groups in total. The van der Waals surface area contributed by atoms with Crippen molar-refractivity contribution in [3.8, 4) is 12.1 Å². The molecule has 0 aromatic heterocycles. The van der Waals surface area contributed by atoms with Gasteiger partial charge in [-0.3, -0.25) is 0 Å². The molecule has 0 aliphatic rings. The summed E-state index contributed by atoms with van der Waals surface area (Å²) in [6.45, 7) is 0. The molecule has 4 nitrogen and oxygen atoms in total. The van der Waals surface area contributed by atoms with E-state index in [0.29, 0.717) is 11.1 Å². The van der Waals surface area contributed by atoms with Gasteiger partial charge >= 0.3 is 0 Å². The summed E-state index contributed by atoms with van der Waals surface area (Å²) in [6.07, 6.45) is 0. The van der Waals surface area contributed by atoms with Crippen LogP contribution in [0.15, 0.2) is 53.6 Å². The Morgan fingerprint density at radius 1 is 0.789 bits per heavy atom. The first kappa shape index (κ1) is 12.5. The van der Waals surface area contributed by atoms with Crippen LogP contribution in [0.1, 0.15) is 28.3 Å². The Morgan fingerprint density at radius 2 is 1.16 bits per heavy atom. The third-order valence-corrected chi connectivity index (χ3v) is 2.84. The van der Waals surface area contributed by atoms with Gasteiger partial charge in [-0.2, -0.15) is 15.6 Å². The Kier molecular flexibility index (Phi) is 3.66. The van der Waals surface area contributed by atoms with Crippen LogP contribution in [0.3, 0.4) is 0 Å². The fourth-order valence-corrected chi connectivity index (χ4v) is 1.82. The van der Waals surface area contributed by atoms with Gasteiger partial charge in [0.15, 0.2) is 0 Å². The molecule has 0 saturated carbocycles. The van der Waals surface area contributed by atoms with Crippen LogP contribution >= 0.6 is 0 Å². The van der Waals surface area contributed by atoms with Crippen LogP contribution in [-0.4, -0.2) is 0 Å². The van der Waals surface area contributed by atoms with E-state index in [9.17, 15) is 0 Å². The summed E-state index contributed by atoms with van der Waals surface area (Å²) in [5, 5.41) is 21.1. The van der Waals surface area contributed by atoms with Gasteiger partial charge in [-0.25, -0.2) is 5.53 Å². The molecule has 2 aromatic rings. The summed E-state index contributed by atoms with van der Waals surface area (Å²) < 4.78 is 0. The zero-order chi connectivity index (χ0) is 13.7. The fourth-order valence-electron chi connectivity index (χ4n) is 1.82. The molecule has 0 amide bonds. The van der Waals surface area contributed by atoms with Crippen LogP contribution in [0.5, 0.6) is 0 Å². The van der Waals surface area contributed by atoms with Gasteiger partial charge in [0.05, 0.1) is 23.3 Å². The number of hydrogen-bond donors (Lipinski definition) is 1. The molecule has 90 valence electrons. The maximum atomic E-state index is 8.76. The molecule has 0 heterocycles. The van der Waals surface area contributed by atoms with Gasteiger partial charge in [0.1, 0.15) is 6.04 Å². The normalized spacial score (nSPS) is 9.63. The van der Waals surface area contributed by atoms with E-state index in [2.05, 4.69) is 17.3 Å². The SMILES string of the molecule is N#Cc1ccc(C(N=N)c2ccc(C#N)cc2)cc1. The minimum absolute atomic E-state index is 0.402. The largest absolute Gasteiger partial charge is 0.209 e. The van der Waals surface area contributed by atoms with Gasteiger partial charge < -0.3 is 0 Å². The van der Waals surface area contributed by atoms with E-state index < -0.39 is 6.04 Å². The maximum absolute atomic E-state index is 8.76. The number of nitriles is 2. The van der Waals surface area contributed by atoms with Gasteiger partial charge in [0.2, 0.25) is 0 Å². The van der Waals surface area contributed by atoms with Gasteiger partial charge in [-0.15, -0.1) is 0 Å². The van der Waals surface area contributed by atoms with E-state index in [1.807, 2.05) is 0 Å². The number of hydrogen-bond acceptors (Lipinski definition) is 4. The molecule has 0 saturated heterocycles. The average molecular weight is 246 g/mol. The first-order chi connectivity index (χ1) is 9.28. The van der Waals surface area contributed by atoms with E-state index >= 15 is 0 Å². The highest BCUT2D eigenvalue weighted by atomic mass is 15.0. The Hall–Kier alpha value is -2.98. The lowest BCUT2D eigenvalue weighted by atomic mass is 9.98. The third kappa shape index (κ3) is 2.65. The van der Waals surface area contributed by atoms with Crippen molar-refractivity contribution in [2.75, 3.05) is 0 Å². The van der Waals surface area contributed by atoms with Gasteiger partial charge in [0.25, 0.3) is 0 Å². The third-order valence-electron chi connectivity index (χ3n) is 2.84. The van der Waals surface area contributed by atoms with Crippen LogP contribution in [0.2, 0.25) is 0 Å². The molecule has 19 heavy (non-hydrogen) atoms. The summed E-state index contributed by atoms with van der Waals surface area (Å²) in [6, 6.07) is 17.7. The quantitative estimate of drug-likeness (QED) is 0.840. The van der Waals surface area contributed by atoms with Crippen molar-refractivity contribution >= 4 is 0 Å². The lowest BCUT2D eigenvalue weighted by molar-refractivity contribution is 0.775. The monoisotopic (exact) mass is 246 g/mol. The fraction of sp³-hybridized carbons (Fsp3) is 0.0667. The molecule has 0 spiro atoms. The maximum Gasteiger partial charge on any atom is 0.121 e. The van der Waals surface area contributed by atoms with Gasteiger partial charge in [-0.05, 0) is 35.4 Å². The second-order valence-electron chi connectivity index (χ2n) is 4.00. The van der Waals surface area contributed by atoms with E-state index in [0.717, 1.165) is 11.1 Å². The van der Waals surface area contributed by atoms with Crippen molar-refractivity contribution in [1.82, 2.24) is 0 Å². The van der Waals surface area contributed by atoms with Crippen LogP contribution in [0.25, 0.3) is 0 Å². The Balaban J connectivity index is 2.35. The number of rotatable bonds is 3. The molecule has 0 aliphatic heterocycles. The minimum atomic E-state index is -0.402. The summed E-state index contributed by atoms with van der Waals surface area (Å²) in [5.74, 6) is 0. The molecule has 4 heteroatoms. The zero-order valence-electron chi connectivity index (χ0n) is 10.0. The first-order valence-electron chi connectivity index (χ1n) is 5.65. The van der Waals surface area contributed by atoms with E-state index in [4.69, 9.17) is 16.1 Å². The molecule has 0 fully saturated rings. The van der Waals surface area contributed by atoms with Crippen molar-refractivity contribution in [1.29, 1.82) is 16.1 Å². The smallest absolute Gasteiger partial charge is 0.121 e. The first-order valence-corrected chi connectivity index (χ1v) is 5.65. The van der Waals surface area contributed by atoms with Crippen LogP contribution in [0, 0.1) is 28.2 Å². The lowest BCUT2D eigenvalue weighted by Gasteiger charge is -2.11. The highest BCUT2D eigenvalue weighted by molar-refractivity contribution is 5.39. The summed E-state index contributed by atoms with van der Waals surface area (Å²) >= 11 is 0. The van der Waals surface area contributed by atoms with Crippen molar-refractivity contribution in [3.63, 3.8) is 0 Å². The lowest BCUT2D eigenvalue weighted by Crippen LogP contribution is -1.97. The summed E-state index contributed by atoms with van der Waals surface area (Å²) in [5.41, 5.74) is 10.2. The molecular formula is C15H10N4. The van der Waals surface area contributed by atoms with Gasteiger partial charge in [-0.1, -0.05) is 24.3 Å². The standard InChI is InChI=1S/C15H10N4/c16-9-11-1-5-13(6-2-11)15(19-18)14-7-3-12(10-17)4-8-14/h1-8,15,18H. The van der Waals surface area contributed by atoms with Crippen LogP contribution in [0.4, 0.5) is 0 Å². The Bertz CT molecular complexity index is 600. The molecule has 0 unspecified atom stereocenters. The predicted octanol–water partition coefficient (Wildman–Crippen LogP) is 3.55. The van der Waals surface area contributed by atoms with E-state index in [-0.39, 0.29) is 0 Å². The topological polar surface area (TPSA) is 83.8 Å². The van der Waals surface area contributed by atoms with Crippen molar-refractivity contribution in [2.24, 2.45) is 5.11 Å². The number of nitrogens with zero attached hydrogens (tertiary/aromatic N) is 3. The van der Waals surface area contributed by atoms with Crippen LogP contribution < -0.4 is 0 Å². The summed E-state index contributed by atoms with van der Waals surface area (Å²) in [4.78, 5) is 0. The molecule has 0 bridgehead atoms. The van der Waals surface area contributed by atoms with Crippen molar-refractivity contribution < 1.29 is 0 Å². The second-order valence-corrected chi connectivity index (χ2v) is 4.00. The number of benzene rings is 2. The highest BCUT2D eigenvalue weighted by Gasteiger charge is 2.12. The molecule has 0 radical (unpaired) electrons. The van der Waals surface area contributed by atoms with E-state index in [1.165, 1.54) is 0 Å². The average Bonchev–Trinajstić information content (AvgIpc) is 2.49. The van der Waals surface area contributed by atoms with Crippen molar-refractivity contribution in [3.05, 3.63) is 70.8 Å². The Morgan fingerprint density at radius 3 is 1.42 bits per heavy atom. The second kappa shape index (κ2) is 5.57. The predicted molar refractivity (Wildman–Crippen MR) is 69.3 cm³/mol. The molecule has 2 rings (SSSR count). The highest BCUT2D eigenvalue weighted by Crippen LogP contribution is 2.26.